The summed E-state index contributed by atoms with van der Waals surface area (Å²) < 4.78 is 15.9. The van der Waals surface area contributed by atoms with E-state index >= 15 is 0 Å². The van der Waals surface area contributed by atoms with E-state index in [9.17, 15) is 4.79 Å². The molecule has 0 atom stereocenters. The number of methoxy groups -OCH3 is 2. The van der Waals surface area contributed by atoms with Crippen molar-refractivity contribution in [3.63, 3.8) is 0 Å². The molecule has 4 aromatic rings. The molecular formula is C20H16ClN3O4S. The van der Waals surface area contributed by atoms with E-state index < -0.39 is 0 Å². The van der Waals surface area contributed by atoms with E-state index in [4.69, 9.17) is 25.6 Å². The Bertz CT molecular complexity index is 1200. The molecule has 1 amide bonds. The molecular weight excluding hydrogens is 414 g/mol. The topological polar surface area (TPSA) is 86.5 Å². The molecule has 0 spiro atoms. The van der Waals surface area contributed by atoms with Crippen LogP contribution in [-0.4, -0.2) is 30.3 Å². The quantitative estimate of drug-likeness (QED) is 0.470. The molecule has 148 valence electrons. The number of ether oxygens (including phenoxy) is 2. The van der Waals surface area contributed by atoms with Crippen molar-refractivity contribution in [1.29, 1.82) is 0 Å². The van der Waals surface area contributed by atoms with Crippen LogP contribution in [0.3, 0.4) is 0 Å². The van der Waals surface area contributed by atoms with Crippen molar-refractivity contribution in [2.45, 2.75) is 6.92 Å². The van der Waals surface area contributed by atoms with E-state index in [-0.39, 0.29) is 5.91 Å². The van der Waals surface area contributed by atoms with Gasteiger partial charge in [0.15, 0.2) is 0 Å². The van der Waals surface area contributed by atoms with Crippen molar-refractivity contribution < 1.29 is 18.8 Å². The molecule has 0 saturated heterocycles. The van der Waals surface area contributed by atoms with Crippen LogP contribution in [0, 0.1) is 6.92 Å². The highest BCUT2D eigenvalue weighted by molar-refractivity contribution is 7.13. The van der Waals surface area contributed by atoms with Gasteiger partial charge in [0.1, 0.15) is 11.5 Å². The molecule has 1 aromatic carbocycles. The average Bonchev–Trinajstić information content (AvgIpc) is 3.38. The number of benzene rings is 1. The molecule has 7 nitrogen and oxygen atoms in total. The summed E-state index contributed by atoms with van der Waals surface area (Å²) in [6.45, 7) is 1.76. The summed E-state index contributed by atoms with van der Waals surface area (Å²) in [6.07, 6.45) is 0. The third kappa shape index (κ3) is 3.52. The summed E-state index contributed by atoms with van der Waals surface area (Å²) in [4.78, 5) is 18.6. The molecule has 0 bridgehead atoms. The highest BCUT2D eigenvalue weighted by Gasteiger charge is 2.21. The monoisotopic (exact) mass is 429 g/mol. The SMILES string of the molecule is COc1cc(OC)c(NC(=O)c2cc(-c3cccs3)nc3onc(C)c23)cc1Cl. The Balaban J connectivity index is 1.80. The number of fused-ring (bicyclic) bond motifs is 1. The standard InChI is InChI=1S/C20H16ClN3O4S/c1-10-18-11(7-14(17-5-4-6-29-17)23-20(18)28-24-10)19(25)22-13-8-12(21)15(26-2)9-16(13)27-3/h4-9H,1-3H3,(H,22,25). The molecule has 3 aromatic heterocycles. The Morgan fingerprint density at radius 1 is 1.21 bits per heavy atom. The molecule has 9 heteroatoms. The van der Waals surface area contributed by atoms with Gasteiger partial charge in [-0.05, 0) is 30.5 Å². The maximum absolute atomic E-state index is 13.2. The first-order chi connectivity index (χ1) is 14.0. The van der Waals surface area contributed by atoms with Crippen LogP contribution in [-0.2, 0) is 0 Å². The number of nitrogens with one attached hydrogen (secondary N) is 1. The smallest absolute Gasteiger partial charge is 0.259 e. The van der Waals surface area contributed by atoms with Gasteiger partial charge in [-0.25, -0.2) is 4.98 Å². The molecule has 0 saturated carbocycles. The normalized spacial score (nSPS) is 10.9. The molecule has 4 rings (SSSR count). The number of amides is 1. The Morgan fingerprint density at radius 2 is 2.00 bits per heavy atom. The number of aromatic nitrogens is 2. The number of halogens is 1. The number of thiophene rings is 1. The molecule has 0 unspecified atom stereocenters. The number of anilines is 1. The number of rotatable bonds is 5. The van der Waals surface area contributed by atoms with E-state index in [2.05, 4.69) is 15.5 Å². The van der Waals surface area contributed by atoms with Gasteiger partial charge in [-0.1, -0.05) is 22.8 Å². The Hall–Kier alpha value is -3.10. The van der Waals surface area contributed by atoms with Gasteiger partial charge in [0.25, 0.3) is 11.6 Å². The number of hydrogen-bond acceptors (Lipinski definition) is 7. The summed E-state index contributed by atoms with van der Waals surface area (Å²) >= 11 is 7.74. The average molecular weight is 430 g/mol. The van der Waals surface area contributed by atoms with Gasteiger partial charge in [0, 0.05) is 6.07 Å². The summed E-state index contributed by atoms with van der Waals surface area (Å²) in [5.74, 6) is 0.508. The minimum Gasteiger partial charge on any atom is -0.495 e. The van der Waals surface area contributed by atoms with Crippen molar-refractivity contribution in [2.75, 3.05) is 19.5 Å². The van der Waals surface area contributed by atoms with E-state index in [0.29, 0.717) is 50.3 Å². The molecule has 29 heavy (non-hydrogen) atoms. The highest BCUT2D eigenvalue weighted by atomic mass is 35.5. The van der Waals surface area contributed by atoms with Crippen molar-refractivity contribution in [3.8, 4) is 22.1 Å². The minimum absolute atomic E-state index is 0.304. The largest absolute Gasteiger partial charge is 0.495 e. The molecule has 0 radical (unpaired) electrons. The van der Waals surface area contributed by atoms with E-state index in [0.717, 1.165) is 4.88 Å². The Morgan fingerprint density at radius 3 is 2.69 bits per heavy atom. The van der Waals surface area contributed by atoms with Crippen LogP contribution in [0.25, 0.3) is 21.7 Å². The van der Waals surface area contributed by atoms with Crippen LogP contribution in [0.5, 0.6) is 11.5 Å². The van der Waals surface area contributed by atoms with Gasteiger partial charge in [-0.15, -0.1) is 11.3 Å². The van der Waals surface area contributed by atoms with Gasteiger partial charge < -0.3 is 19.3 Å². The van der Waals surface area contributed by atoms with E-state index in [1.807, 2.05) is 17.5 Å². The first-order valence-corrected chi connectivity index (χ1v) is 9.81. The van der Waals surface area contributed by atoms with Gasteiger partial charge >= 0.3 is 0 Å². The summed E-state index contributed by atoms with van der Waals surface area (Å²) in [7, 11) is 3.01. The number of hydrogen-bond donors (Lipinski definition) is 1. The Kier molecular flexibility index (Phi) is 5.12. The highest BCUT2D eigenvalue weighted by Crippen LogP contribution is 2.37. The maximum Gasteiger partial charge on any atom is 0.259 e. The lowest BCUT2D eigenvalue weighted by Gasteiger charge is -2.13. The zero-order valence-corrected chi connectivity index (χ0v) is 17.4. The predicted molar refractivity (Wildman–Crippen MR) is 112 cm³/mol. The predicted octanol–water partition coefficient (Wildman–Crippen LogP) is 5.18. The zero-order chi connectivity index (χ0) is 20.5. The first-order valence-electron chi connectivity index (χ1n) is 8.55. The molecule has 0 aliphatic rings. The van der Waals surface area contributed by atoms with Crippen LogP contribution >= 0.6 is 22.9 Å². The van der Waals surface area contributed by atoms with E-state index in [1.54, 1.807) is 25.1 Å². The zero-order valence-electron chi connectivity index (χ0n) is 15.8. The first kappa shape index (κ1) is 19.2. The molecule has 0 aliphatic heterocycles. The Labute approximate surface area is 175 Å². The number of pyridine rings is 1. The fourth-order valence-electron chi connectivity index (χ4n) is 2.97. The fraction of sp³-hybridized carbons (Fsp3) is 0.150. The van der Waals surface area contributed by atoms with Crippen molar-refractivity contribution in [1.82, 2.24) is 10.1 Å². The lowest BCUT2D eigenvalue weighted by atomic mass is 10.1. The number of carbonyl (C=O) groups is 1. The lowest BCUT2D eigenvalue weighted by molar-refractivity contribution is 0.102. The lowest BCUT2D eigenvalue weighted by Crippen LogP contribution is -2.14. The van der Waals surface area contributed by atoms with E-state index in [1.165, 1.54) is 25.6 Å². The minimum atomic E-state index is -0.360. The molecule has 0 fully saturated rings. The maximum atomic E-state index is 13.2. The fourth-order valence-corrected chi connectivity index (χ4v) is 3.90. The van der Waals surface area contributed by atoms with Crippen LogP contribution in [0.4, 0.5) is 5.69 Å². The molecule has 3 heterocycles. The van der Waals surface area contributed by atoms with Gasteiger partial charge in [-0.2, -0.15) is 0 Å². The van der Waals surface area contributed by atoms with Crippen LogP contribution in [0.15, 0.2) is 40.2 Å². The van der Waals surface area contributed by atoms with Crippen LogP contribution in [0.1, 0.15) is 16.1 Å². The third-order valence-corrected chi connectivity index (χ3v) is 5.55. The van der Waals surface area contributed by atoms with Crippen LogP contribution < -0.4 is 14.8 Å². The van der Waals surface area contributed by atoms with Crippen LogP contribution in [0.2, 0.25) is 5.02 Å². The molecule has 0 aliphatic carbocycles. The summed E-state index contributed by atoms with van der Waals surface area (Å²) in [5.41, 5.74) is 2.33. The number of aryl methyl sites for hydroxylation is 1. The second kappa shape index (κ2) is 7.73. The van der Waals surface area contributed by atoms with Crippen molar-refractivity contribution in [3.05, 3.63) is 52.0 Å². The second-order valence-corrected chi connectivity index (χ2v) is 7.48. The second-order valence-electron chi connectivity index (χ2n) is 6.12. The van der Waals surface area contributed by atoms with Crippen molar-refractivity contribution >= 4 is 45.6 Å². The van der Waals surface area contributed by atoms with Crippen molar-refractivity contribution in [2.24, 2.45) is 0 Å². The summed E-state index contributed by atoms with van der Waals surface area (Å²) in [5, 5.41) is 9.67. The summed E-state index contributed by atoms with van der Waals surface area (Å²) in [6, 6.07) is 8.76. The number of nitrogens with zero attached hydrogens (tertiary/aromatic N) is 2. The van der Waals surface area contributed by atoms with Gasteiger partial charge in [-0.3, -0.25) is 4.79 Å². The van der Waals surface area contributed by atoms with Gasteiger partial charge in [0.05, 0.1) is 52.1 Å². The third-order valence-electron chi connectivity index (χ3n) is 4.36. The number of carbonyl (C=O) groups excluding carboxylic acids is 1. The molecule has 1 N–H and O–H groups in total. The van der Waals surface area contributed by atoms with Gasteiger partial charge in [0.2, 0.25) is 0 Å².